The van der Waals surface area contributed by atoms with Gasteiger partial charge in [-0.05, 0) is 19.3 Å². The van der Waals surface area contributed by atoms with E-state index < -0.39 is 10.0 Å². The van der Waals surface area contributed by atoms with Crippen LogP contribution in [-0.4, -0.2) is 47.8 Å². The maximum absolute atomic E-state index is 13.1. The van der Waals surface area contributed by atoms with Crippen molar-refractivity contribution in [2.45, 2.75) is 64.2 Å². The zero-order chi connectivity index (χ0) is 17.2. The molecule has 1 aromatic rings. The minimum Gasteiger partial charge on any atom is -0.372 e. The summed E-state index contributed by atoms with van der Waals surface area (Å²) in [5.41, 5.74) is 0.685. The Morgan fingerprint density at radius 1 is 1.39 bits per heavy atom. The van der Waals surface area contributed by atoms with Gasteiger partial charge >= 0.3 is 0 Å². The molecular formula is C16H29N3O3S. The van der Waals surface area contributed by atoms with Gasteiger partial charge < -0.3 is 4.74 Å². The fraction of sp³-hybridized carbons (Fsp3) is 0.812. The van der Waals surface area contributed by atoms with Crippen LogP contribution in [0.1, 0.15) is 45.6 Å². The Balaban J connectivity index is 2.28. The normalized spacial score (nSPS) is 23.6. The number of hydrogen-bond acceptors (Lipinski definition) is 4. The summed E-state index contributed by atoms with van der Waals surface area (Å²) in [6.45, 7) is 8.91. The van der Waals surface area contributed by atoms with E-state index in [9.17, 15) is 8.42 Å². The Bertz CT molecular complexity index is 605. The van der Waals surface area contributed by atoms with Crippen LogP contribution >= 0.6 is 0 Å². The van der Waals surface area contributed by atoms with Crippen LogP contribution in [0, 0.1) is 12.8 Å². The third-order valence-corrected chi connectivity index (χ3v) is 6.47. The monoisotopic (exact) mass is 343 g/mol. The van der Waals surface area contributed by atoms with E-state index in [1.807, 2.05) is 0 Å². The molecule has 0 saturated carbocycles. The zero-order valence-electron chi connectivity index (χ0n) is 14.8. The van der Waals surface area contributed by atoms with Gasteiger partial charge in [0.25, 0.3) is 10.0 Å². The van der Waals surface area contributed by atoms with Crippen molar-refractivity contribution in [3.63, 3.8) is 0 Å². The van der Waals surface area contributed by atoms with Gasteiger partial charge in [0.15, 0.2) is 5.03 Å². The molecule has 1 saturated heterocycles. The first kappa shape index (κ1) is 18.4. The summed E-state index contributed by atoms with van der Waals surface area (Å²) in [4.78, 5) is 0. The molecule has 132 valence electrons. The van der Waals surface area contributed by atoms with Gasteiger partial charge in [0.2, 0.25) is 0 Å². The van der Waals surface area contributed by atoms with Crippen molar-refractivity contribution in [2.24, 2.45) is 13.0 Å². The molecule has 23 heavy (non-hydrogen) atoms. The SMILES string of the molecule is CCCC[C@@H]1CN(S(=O)(=O)c2c(C)cnn2C)C[C@H](C(C)C)O1. The van der Waals surface area contributed by atoms with Crippen LogP contribution in [0.25, 0.3) is 0 Å². The number of ether oxygens (including phenoxy) is 1. The molecule has 0 bridgehead atoms. The van der Waals surface area contributed by atoms with Crippen LogP contribution in [0.15, 0.2) is 11.2 Å². The first-order valence-electron chi connectivity index (χ1n) is 8.41. The highest BCUT2D eigenvalue weighted by atomic mass is 32.2. The van der Waals surface area contributed by atoms with Crippen LogP contribution in [-0.2, 0) is 21.8 Å². The molecule has 0 N–H and O–H groups in total. The number of aryl methyl sites for hydroxylation is 2. The first-order chi connectivity index (χ1) is 10.8. The molecular weight excluding hydrogens is 314 g/mol. The van der Waals surface area contributed by atoms with E-state index in [-0.39, 0.29) is 23.2 Å². The van der Waals surface area contributed by atoms with Crippen molar-refractivity contribution in [3.8, 4) is 0 Å². The smallest absolute Gasteiger partial charge is 0.260 e. The van der Waals surface area contributed by atoms with Gasteiger partial charge in [-0.3, -0.25) is 4.68 Å². The summed E-state index contributed by atoms with van der Waals surface area (Å²) >= 11 is 0. The Hall–Kier alpha value is -0.920. The van der Waals surface area contributed by atoms with Crippen molar-refractivity contribution in [1.29, 1.82) is 0 Å². The van der Waals surface area contributed by atoms with Crippen molar-refractivity contribution in [3.05, 3.63) is 11.8 Å². The lowest BCUT2D eigenvalue weighted by Gasteiger charge is -2.39. The fourth-order valence-corrected chi connectivity index (χ4v) is 4.81. The van der Waals surface area contributed by atoms with Crippen LogP contribution < -0.4 is 0 Å². The second-order valence-corrected chi connectivity index (χ2v) is 8.61. The van der Waals surface area contributed by atoms with E-state index in [0.29, 0.717) is 18.7 Å². The molecule has 7 heteroatoms. The van der Waals surface area contributed by atoms with Crippen LogP contribution in [0.3, 0.4) is 0 Å². The van der Waals surface area contributed by atoms with Crippen LogP contribution in [0.2, 0.25) is 0 Å². The Labute approximate surface area is 139 Å². The molecule has 0 spiro atoms. The summed E-state index contributed by atoms with van der Waals surface area (Å²) < 4.78 is 35.3. The standard InChI is InChI=1S/C16H29N3O3S/c1-6-7-8-14-10-19(11-15(22-14)12(2)3)23(20,21)16-13(4)9-17-18(16)5/h9,12,14-15H,6-8,10-11H2,1-5H3/t14-,15-/m1/s1. The number of rotatable bonds is 6. The second kappa shape index (κ2) is 7.32. The second-order valence-electron chi connectivity index (χ2n) is 6.76. The van der Waals surface area contributed by atoms with Crippen molar-refractivity contribution >= 4 is 10.0 Å². The quantitative estimate of drug-likeness (QED) is 0.795. The number of sulfonamides is 1. The molecule has 0 radical (unpaired) electrons. The minimum atomic E-state index is -3.55. The number of hydrogen-bond donors (Lipinski definition) is 0. The molecule has 2 heterocycles. The Kier molecular flexibility index (Phi) is 5.86. The van der Waals surface area contributed by atoms with Crippen molar-refractivity contribution in [1.82, 2.24) is 14.1 Å². The van der Waals surface area contributed by atoms with E-state index in [1.165, 1.54) is 4.68 Å². The minimum absolute atomic E-state index is 0.0283. The van der Waals surface area contributed by atoms with Gasteiger partial charge in [0.05, 0.1) is 18.4 Å². The average Bonchev–Trinajstić information content (AvgIpc) is 2.84. The van der Waals surface area contributed by atoms with Crippen molar-refractivity contribution in [2.75, 3.05) is 13.1 Å². The van der Waals surface area contributed by atoms with Crippen LogP contribution in [0.4, 0.5) is 0 Å². The van der Waals surface area contributed by atoms with E-state index in [0.717, 1.165) is 19.3 Å². The largest absolute Gasteiger partial charge is 0.372 e. The highest BCUT2D eigenvalue weighted by molar-refractivity contribution is 7.89. The number of unbranched alkanes of at least 4 members (excludes halogenated alkanes) is 1. The lowest BCUT2D eigenvalue weighted by Crippen LogP contribution is -2.51. The Morgan fingerprint density at radius 2 is 2.09 bits per heavy atom. The van der Waals surface area contributed by atoms with E-state index in [1.54, 1.807) is 24.5 Å². The molecule has 2 atom stereocenters. The molecule has 0 unspecified atom stereocenters. The fourth-order valence-electron chi connectivity index (χ4n) is 3.02. The number of aromatic nitrogens is 2. The van der Waals surface area contributed by atoms with Gasteiger partial charge in [-0.2, -0.15) is 9.40 Å². The third-order valence-electron chi connectivity index (χ3n) is 4.42. The summed E-state index contributed by atoms with van der Waals surface area (Å²) in [5, 5.41) is 4.37. The van der Waals surface area contributed by atoms with E-state index >= 15 is 0 Å². The molecule has 6 nitrogen and oxygen atoms in total. The molecule has 1 aromatic heterocycles. The highest BCUT2D eigenvalue weighted by Crippen LogP contribution is 2.27. The summed E-state index contributed by atoms with van der Waals surface area (Å²) in [6, 6.07) is 0. The number of nitrogens with zero attached hydrogens (tertiary/aromatic N) is 3. The molecule has 0 aromatic carbocycles. The molecule has 1 aliphatic heterocycles. The maximum Gasteiger partial charge on any atom is 0.260 e. The van der Waals surface area contributed by atoms with Gasteiger partial charge in [-0.15, -0.1) is 0 Å². The molecule has 0 aliphatic carbocycles. The predicted molar refractivity (Wildman–Crippen MR) is 89.7 cm³/mol. The highest BCUT2D eigenvalue weighted by Gasteiger charge is 2.38. The van der Waals surface area contributed by atoms with E-state index in [4.69, 9.17) is 4.74 Å². The first-order valence-corrected chi connectivity index (χ1v) is 9.85. The van der Waals surface area contributed by atoms with Gasteiger partial charge in [0.1, 0.15) is 0 Å². The van der Waals surface area contributed by atoms with Crippen LogP contribution in [0.5, 0.6) is 0 Å². The lowest BCUT2D eigenvalue weighted by atomic mass is 10.0. The summed E-state index contributed by atoms with van der Waals surface area (Å²) in [5.74, 6) is 0.282. The van der Waals surface area contributed by atoms with Gasteiger partial charge in [0, 0.05) is 25.7 Å². The predicted octanol–water partition coefficient (Wildman–Crippen LogP) is 2.33. The third kappa shape index (κ3) is 3.95. The zero-order valence-corrected chi connectivity index (χ0v) is 15.6. The average molecular weight is 343 g/mol. The van der Waals surface area contributed by atoms with Crippen molar-refractivity contribution < 1.29 is 13.2 Å². The van der Waals surface area contributed by atoms with Gasteiger partial charge in [-0.25, -0.2) is 8.42 Å². The molecule has 1 aliphatic rings. The van der Waals surface area contributed by atoms with Gasteiger partial charge in [-0.1, -0.05) is 33.6 Å². The molecule has 1 fully saturated rings. The molecule has 2 rings (SSSR count). The maximum atomic E-state index is 13.1. The summed E-state index contributed by atoms with van der Waals surface area (Å²) in [7, 11) is -1.88. The number of morpholine rings is 1. The topological polar surface area (TPSA) is 64.4 Å². The molecule has 0 amide bonds. The van der Waals surface area contributed by atoms with E-state index in [2.05, 4.69) is 25.9 Å². The lowest BCUT2D eigenvalue weighted by molar-refractivity contribution is -0.0858. The summed E-state index contributed by atoms with van der Waals surface area (Å²) in [6.07, 6.45) is 4.54. The Morgan fingerprint density at radius 3 is 2.61 bits per heavy atom.